The summed E-state index contributed by atoms with van der Waals surface area (Å²) in [4.78, 5) is 40.6. The van der Waals surface area contributed by atoms with Crippen molar-refractivity contribution in [1.82, 2.24) is 4.90 Å². The van der Waals surface area contributed by atoms with E-state index < -0.39 is 0 Å². The summed E-state index contributed by atoms with van der Waals surface area (Å²) >= 11 is 6.47. The van der Waals surface area contributed by atoms with Crippen LogP contribution in [0.1, 0.15) is 38.3 Å². The Balaban J connectivity index is 1.33. The van der Waals surface area contributed by atoms with Crippen LogP contribution in [0.5, 0.6) is 11.5 Å². The second-order valence-electron chi connectivity index (χ2n) is 9.93. The van der Waals surface area contributed by atoms with E-state index in [1.807, 2.05) is 30.3 Å². The van der Waals surface area contributed by atoms with Crippen LogP contribution in [-0.2, 0) is 6.42 Å². The highest BCUT2D eigenvalue weighted by Crippen LogP contribution is 2.35. The van der Waals surface area contributed by atoms with Crippen LogP contribution in [0.2, 0.25) is 5.02 Å². The van der Waals surface area contributed by atoms with Crippen molar-refractivity contribution in [2.45, 2.75) is 12.8 Å². The first kappa shape index (κ1) is 27.3. The quantitative estimate of drug-likeness (QED) is 0.141. The van der Waals surface area contributed by atoms with Crippen molar-refractivity contribution in [3.05, 3.63) is 128 Å². The number of imide groups is 1. The molecule has 1 aliphatic rings. The summed E-state index contributed by atoms with van der Waals surface area (Å²) in [5.41, 5.74) is 3.30. The molecule has 210 valence electrons. The number of nitrogens with zero attached hydrogens (tertiary/aromatic N) is 1. The fourth-order valence-corrected chi connectivity index (χ4v) is 5.40. The van der Waals surface area contributed by atoms with E-state index in [0.29, 0.717) is 51.3 Å². The molecule has 5 aromatic rings. The van der Waals surface area contributed by atoms with Gasteiger partial charge in [-0.3, -0.25) is 19.3 Å². The Kier molecular flexibility index (Phi) is 7.50. The van der Waals surface area contributed by atoms with Gasteiger partial charge in [-0.05, 0) is 60.5 Å². The number of rotatable bonds is 9. The summed E-state index contributed by atoms with van der Waals surface area (Å²) in [5, 5.41) is 0.718. The standard InChI is InChI=1S/C34H26ClNO6/c1-40-25-14-12-22(13-15-25)31-32(41-17-7-16-36-33(38)26-10-5-6-11-27(26)34(36)39)29(37)28-20-24(35)19-23(30(28)42-31)18-21-8-3-2-4-9-21/h2-6,8-15,19-20H,7,16-18H2,1H3. The molecule has 6 rings (SSSR count). The first-order valence-corrected chi connectivity index (χ1v) is 13.9. The van der Waals surface area contributed by atoms with Gasteiger partial charge in [0.05, 0.1) is 30.2 Å². The van der Waals surface area contributed by atoms with Gasteiger partial charge in [0.25, 0.3) is 11.8 Å². The number of benzene rings is 4. The van der Waals surface area contributed by atoms with Crippen LogP contribution < -0.4 is 14.9 Å². The number of hydrogen-bond acceptors (Lipinski definition) is 6. The third kappa shape index (κ3) is 5.15. The summed E-state index contributed by atoms with van der Waals surface area (Å²) in [6.45, 7) is 0.223. The predicted octanol–water partition coefficient (Wildman–Crippen LogP) is 6.78. The van der Waals surface area contributed by atoms with Crippen LogP contribution in [0, 0.1) is 0 Å². The van der Waals surface area contributed by atoms with Gasteiger partial charge in [0.15, 0.2) is 5.76 Å². The van der Waals surface area contributed by atoms with Gasteiger partial charge in [0.2, 0.25) is 11.2 Å². The number of carbonyl (C=O) groups excluding carboxylic acids is 2. The molecular weight excluding hydrogens is 554 g/mol. The molecule has 8 heteroatoms. The van der Waals surface area contributed by atoms with Crippen molar-refractivity contribution in [3.8, 4) is 22.8 Å². The Bertz CT molecular complexity index is 1830. The second kappa shape index (κ2) is 11.5. The van der Waals surface area contributed by atoms with Crippen molar-refractivity contribution in [2.24, 2.45) is 0 Å². The summed E-state index contributed by atoms with van der Waals surface area (Å²) in [5.74, 6) is 0.290. The van der Waals surface area contributed by atoms with Gasteiger partial charge in [-0.15, -0.1) is 0 Å². The minimum atomic E-state index is -0.361. The Morgan fingerprint density at radius 2 is 1.50 bits per heavy atom. The molecule has 0 fully saturated rings. The molecule has 1 aromatic heterocycles. The average Bonchev–Trinajstić information content (AvgIpc) is 3.25. The van der Waals surface area contributed by atoms with E-state index in [0.717, 1.165) is 11.1 Å². The Hall–Kier alpha value is -4.88. The normalized spacial score (nSPS) is 12.6. The van der Waals surface area contributed by atoms with E-state index in [1.54, 1.807) is 67.8 Å². The average molecular weight is 580 g/mol. The lowest BCUT2D eigenvalue weighted by atomic mass is 10.0. The minimum absolute atomic E-state index is 0.0305. The second-order valence-corrected chi connectivity index (χ2v) is 10.4. The molecule has 0 N–H and O–H groups in total. The topological polar surface area (TPSA) is 86.1 Å². The maximum absolute atomic E-state index is 13.9. The predicted molar refractivity (Wildman–Crippen MR) is 161 cm³/mol. The van der Waals surface area contributed by atoms with Crippen molar-refractivity contribution in [1.29, 1.82) is 0 Å². The van der Waals surface area contributed by atoms with E-state index >= 15 is 0 Å². The third-order valence-corrected chi connectivity index (χ3v) is 7.45. The van der Waals surface area contributed by atoms with Gasteiger partial charge in [0, 0.05) is 29.1 Å². The van der Waals surface area contributed by atoms with Crippen LogP contribution >= 0.6 is 11.6 Å². The SMILES string of the molecule is COc1ccc(-c2oc3c(Cc4ccccc4)cc(Cl)cc3c(=O)c2OCCCN2C(=O)c3ccccc3C2=O)cc1. The van der Waals surface area contributed by atoms with Gasteiger partial charge < -0.3 is 13.9 Å². The van der Waals surface area contributed by atoms with Gasteiger partial charge in [-0.25, -0.2) is 0 Å². The number of fused-ring (bicyclic) bond motifs is 2. The number of carbonyl (C=O) groups is 2. The number of methoxy groups -OCH3 is 1. The Labute approximate surface area is 246 Å². The van der Waals surface area contributed by atoms with Crippen LogP contribution in [0.15, 0.2) is 100 Å². The lowest BCUT2D eigenvalue weighted by Gasteiger charge is -2.16. The molecule has 0 saturated heterocycles. The Morgan fingerprint density at radius 3 is 2.17 bits per heavy atom. The molecule has 0 unspecified atom stereocenters. The highest BCUT2D eigenvalue weighted by Gasteiger charge is 2.34. The number of ether oxygens (including phenoxy) is 2. The summed E-state index contributed by atoms with van der Waals surface area (Å²) in [6.07, 6.45) is 0.836. The van der Waals surface area contributed by atoms with E-state index in [4.69, 9.17) is 25.5 Å². The summed E-state index contributed by atoms with van der Waals surface area (Å²) < 4.78 is 17.8. The fraction of sp³-hybridized carbons (Fsp3) is 0.147. The first-order chi connectivity index (χ1) is 20.4. The summed E-state index contributed by atoms with van der Waals surface area (Å²) in [7, 11) is 1.58. The molecule has 0 spiro atoms. The fourth-order valence-electron chi connectivity index (χ4n) is 5.16. The van der Waals surface area contributed by atoms with Crippen molar-refractivity contribution >= 4 is 34.4 Å². The zero-order chi connectivity index (χ0) is 29.2. The number of hydrogen-bond donors (Lipinski definition) is 0. The van der Waals surface area contributed by atoms with E-state index in [1.165, 1.54) is 4.90 Å². The molecule has 0 atom stereocenters. The molecule has 0 aliphatic carbocycles. The lowest BCUT2D eigenvalue weighted by Crippen LogP contribution is -2.31. The molecule has 0 bridgehead atoms. The van der Waals surface area contributed by atoms with Gasteiger partial charge in [-0.1, -0.05) is 54.1 Å². The van der Waals surface area contributed by atoms with E-state index in [-0.39, 0.29) is 41.9 Å². The molecule has 0 saturated carbocycles. The molecule has 2 heterocycles. The molecule has 42 heavy (non-hydrogen) atoms. The van der Waals surface area contributed by atoms with Crippen molar-refractivity contribution < 1.29 is 23.5 Å². The largest absolute Gasteiger partial charge is 0.497 e. The zero-order valence-corrected chi connectivity index (χ0v) is 23.5. The Morgan fingerprint density at radius 1 is 0.833 bits per heavy atom. The minimum Gasteiger partial charge on any atom is -0.497 e. The van der Waals surface area contributed by atoms with Crippen LogP contribution in [0.25, 0.3) is 22.3 Å². The van der Waals surface area contributed by atoms with E-state index in [9.17, 15) is 14.4 Å². The van der Waals surface area contributed by atoms with E-state index in [2.05, 4.69) is 0 Å². The van der Waals surface area contributed by atoms with Crippen LogP contribution in [0.4, 0.5) is 0 Å². The molecule has 1 aliphatic heterocycles. The maximum Gasteiger partial charge on any atom is 0.261 e. The monoisotopic (exact) mass is 579 g/mol. The van der Waals surface area contributed by atoms with Crippen molar-refractivity contribution in [3.63, 3.8) is 0 Å². The third-order valence-electron chi connectivity index (χ3n) is 7.23. The van der Waals surface area contributed by atoms with Crippen LogP contribution in [-0.4, -0.2) is 37.0 Å². The number of amides is 2. The molecular formula is C34H26ClNO6. The highest BCUT2D eigenvalue weighted by atomic mass is 35.5. The number of halogens is 1. The summed E-state index contributed by atoms with van der Waals surface area (Å²) in [6, 6.07) is 27.1. The first-order valence-electron chi connectivity index (χ1n) is 13.5. The molecule has 2 amide bonds. The van der Waals surface area contributed by atoms with Gasteiger partial charge in [-0.2, -0.15) is 0 Å². The smallest absolute Gasteiger partial charge is 0.261 e. The van der Waals surface area contributed by atoms with Crippen molar-refractivity contribution in [2.75, 3.05) is 20.3 Å². The van der Waals surface area contributed by atoms with Gasteiger partial charge >= 0.3 is 0 Å². The zero-order valence-electron chi connectivity index (χ0n) is 22.8. The van der Waals surface area contributed by atoms with Crippen LogP contribution in [0.3, 0.4) is 0 Å². The molecule has 4 aromatic carbocycles. The highest BCUT2D eigenvalue weighted by molar-refractivity contribution is 6.31. The molecule has 7 nitrogen and oxygen atoms in total. The lowest BCUT2D eigenvalue weighted by molar-refractivity contribution is 0.0646. The maximum atomic E-state index is 13.9. The molecule has 0 radical (unpaired) electrons. The van der Waals surface area contributed by atoms with Gasteiger partial charge in [0.1, 0.15) is 11.3 Å².